The second-order valence-electron chi connectivity index (χ2n) is 7.79. The highest BCUT2D eigenvalue weighted by molar-refractivity contribution is 5.99. The number of hydrogen-bond acceptors (Lipinski definition) is 2. The highest BCUT2D eigenvalue weighted by atomic mass is 16.5. The second kappa shape index (κ2) is 9.56. The molecule has 0 aliphatic rings. The van der Waals surface area contributed by atoms with Crippen LogP contribution in [0.15, 0.2) is 79.5 Å². The maximum atomic E-state index is 11.1. The van der Waals surface area contributed by atoms with Gasteiger partial charge in [-0.3, -0.25) is 4.79 Å². The van der Waals surface area contributed by atoms with Gasteiger partial charge in [0, 0.05) is 29.3 Å². The van der Waals surface area contributed by atoms with E-state index in [-0.39, 0.29) is 6.42 Å². The zero-order chi connectivity index (χ0) is 22.5. The monoisotopic (exact) mass is 425 g/mol. The lowest BCUT2D eigenvalue weighted by Crippen LogP contribution is -1.98. The van der Waals surface area contributed by atoms with Crippen molar-refractivity contribution in [1.29, 1.82) is 0 Å². The first-order valence-electron chi connectivity index (χ1n) is 10.9. The summed E-state index contributed by atoms with van der Waals surface area (Å²) in [7, 11) is 0. The fourth-order valence-corrected chi connectivity index (χ4v) is 3.96. The van der Waals surface area contributed by atoms with Crippen LogP contribution in [0.5, 0.6) is 5.75 Å². The minimum absolute atomic E-state index is 0.115. The molecule has 0 unspecified atom stereocenters. The van der Waals surface area contributed by atoms with Gasteiger partial charge in [-0.15, -0.1) is 0 Å². The average Bonchev–Trinajstić information content (AvgIpc) is 3.20. The van der Waals surface area contributed by atoms with E-state index in [2.05, 4.69) is 60.7 Å². The van der Waals surface area contributed by atoms with Crippen molar-refractivity contribution >= 4 is 22.9 Å². The van der Waals surface area contributed by atoms with Gasteiger partial charge >= 0.3 is 5.97 Å². The quantitative estimate of drug-likeness (QED) is 0.323. The lowest BCUT2D eigenvalue weighted by atomic mass is 9.97. The van der Waals surface area contributed by atoms with Crippen molar-refractivity contribution in [2.75, 3.05) is 6.61 Å². The average molecular weight is 426 g/mol. The van der Waals surface area contributed by atoms with Crippen LogP contribution in [0.25, 0.3) is 33.8 Å². The highest BCUT2D eigenvalue weighted by Crippen LogP contribution is 2.36. The number of aromatic nitrogens is 1. The number of nitrogens with zero attached hydrogens (tertiary/aromatic N) is 1. The lowest BCUT2D eigenvalue weighted by Gasteiger charge is -2.08. The van der Waals surface area contributed by atoms with Gasteiger partial charge in [0.25, 0.3) is 0 Å². The number of carbonyl (C=O) groups is 1. The predicted octanol–water partition coefficient (Wildman–Crippen LogP) is 6.75. The third-order valence-electron chi connectivity index (χ3n) is 5.56. The Morgan fingerprint density at radius 1 is 1.06 bits per heavy atom. The van der Waals surface area contributed by atoms with E-state index >= 15 is 0 Å². The summed E-state index contributed by atoms with van der Waals surface area (Å²) in [6, 6.07) is 22.5. The first-order valence-corrected chi connectivity index (χ1v) is 10.9. The van der Waals surface area contributed by atoms with Gasteiger partial charge in [-0.25, -0.2) is 0 Å². The Labute approximate surface area is 188 Å². The Balaban J connectivity index is 1.84. The first-order chi connectivity index (χ1) is 15.6. The number of fused-ring (bicyclic) bond motifs is 1. The summed E-state index contributed by atoms with van der Waals surface area (Å²) in [5.74, 6) is 0.0746. The highest BCUT2D eigenvalue weighted by Gasteiger charge is 2.14. The Morgan fingerprint density at radius 2 is 1.84 bits per heavy atom. The minimum Gasteiger partial charge on any atom is -0.494 e. The Morgan fingerprint density at radius 3 is 2.56 bits per heavy atom. The van der Waals surface area contributed by atoms with Gasteiger partial charge in [-0.2, -0.15) is 0 Å². The summed E-state index contributed by atoms with van der Waals surface area (Å²) in [5.41, 5.74) is 6.38. The molecule has 0 saturated heterocycles. The van der Waals surface area contributed by atoms with Crippen molar-refractivity contribution < 1.29 is 14.6 Å². The van der Waals surface area contributed by atoms with Crippen molar-refractivity contribution in [3.63, 3.8) is 0 Å². The molecule has 4 nitrogen and oxygen atoms in total. The van der Waals surface area contributed by atoms with Gasteiger partial charge in [-0.1, -0.05) is 49.9 Å². The van der Waals surface area contributed by atoms with Crippen LogP contribution >= 0.6 is 0 Å². The molecule has 0 fully saturated rings. The van der Waals surface area contributed by atoms with Crippen molar-refractivity contribution in [1.82, 2.24) is 4.57 Å². The van der Waals surface area contributed by atoms with E-state index in [9.17, 15) is 4.79 Å². The van der Waals surface area contributed by atoms with Crippen LogP contribution in [0.4, 0.5) is 0 Å². The van der Waals surface area contributed by atoms with E-state index in [1.54, 1.807) is 0 Å². The summed E-state index contributed by atoms with van der Waals surface area (Å²) >= 11 is 0. The molecule has 0 amide bonds. The van der Waals surface area contributed by atoms with Crippen LogP contribution in [0.3, 0.4) is 0 Å². The van der Waals surface area contributed by atoms with Crippen LogP contribution < -0.4 is 4.74 Å². The zero-order valence-corrected chi connectivity index (χ0v) is 18.3. The van der Waals surface area contributed by atoms with E-state index in [0.717, 1.165) is 51.0 Å². The van der Waals surface area contributed by atoms with Gasteiger partial charge in [-0.05, 0) is 65.9 Å². The number of carboxylic acids is 1. The summed E-state index contributed by atoms with van der Waals surface area (Å²) in [4.78, 5) is 11.1. The molecule has 0 saturated carbocycles. The van der Waals surface area contributed by atoms with E-state index < -0.39 is 5.97 Å². The van der Waals surface area contributed by atoms with E-state index in [4.69, 9.17) is 9.84 Å². The van der Waals surface area contributed by atoms with Gasteiger partial charge in [0.15, 0.2) is 0 Å². The third-order valence-corrected chi connectivity index (χ3v) is 5.56. The molecule has 1 aromatic heterocycles. The normalized spacial score (nSPS) is 10.9. The third kappa shape index (κ3) is 4.45. The molecule has 1 heterocycles. The number of ether oxygens (including phenoxy) is 1. The summed E-state index contributed by atoms with van der Waals surface area (Å²) in [6.07, 6.45) is 5.61. The van der Waals surface area contributed by atoms with Crippen LogP contribution in [-0.2, 0) is 11.2 Å². The fraction of sp³-hybridized carbons (Fsp3) is 0.179. The molecule has 4 rings (SSSR count). The zero-order valence-electron chi connectivity index (χ0n) is 18.3. The summed E-state index contributed by atoms with van der Waals surface area (Å²) in [5, 5.41) is 10.2. The number of aliphatic carboxylic acids is 1. The Hall–Kier alpha value is -3.79. The minimum atomic E-state index is -0.787. The maximum absolute atomic E-state index is 11.1. The lowest BCUT2D eigenvalue weighted by molar-refractivity contribution is -0.136. The molecule has 0 bridgehead atoms. The smallest absolute Gasteiger partial charge is 0.303 e. The largest absolute Gasteiger partial charge is 0.494 e. The molecule has 4 heteroatoms. The second-order valence-corrected chi connectivity index (χ2v) is 7.79. The molecule has 0 atom stereocenters. The molecular weight excluding hydrogens is 398 g/mol. The molecule has 1 N–H and O–H groups in total. The van der Waals surface area contributed by atoms with Crippen LogP contribution in [-0.4, -0.2) is 22.2 Å². The molecular formula is C28H27NO3. The van der Waals surface area contributed by atoms with Crippen LogP contribution in [0, 0.1) is 0 Å². The molecule has 0 radical (unpaired) electrons. The molecule has 0 aliphatic heterocycles. The molecule has 3 aromatic carbocycles. The first kappa shape index (κ1) is 21.4. The Kier molecular flexibility index (Phi) is 6.41. The van der Waals surface area contributed by atoms with E-state index in [1.807, 2.05) is 36.4 Å². The number of benzene rings is 3. The van der Waals surface area contributed by atoms with Crippen molar-refractivity contribution in [3.8, 4) is 22.6 Å². The van der Waals surface area contributed by atoms with Gasteiger partial charge in [0.2, 0.25) is 0 Å². The molecule has 32 heavy (non-hydrogen) atoms. The number of aryl methyl sites for hydroxylation is 1. The fourth-order valence-electron chi connectivity index (χ4n) is 3.96. The van der Waals surface area contributed by atoms with Crippen molar-refractivity contribution in [3.05, 3.63) is 90.6 Å². The maximum Gasteiger partial charge on any atom is 0.303 e. The summed E-state index contributed by atoms with van der Waals surface area (Å²) < 4.78 is 7.91. The number of hydrogen-bond donors (Lipinski definition) is 1. The van der Waals surface area contributed by atoms with Crippen molar-refractivity contribution in [2.24, 2.45) is 0 Å². The van der Waals surface area contributed by atoms with E-state index in [1.165, 1.54) is 0 Å². The standard InChI is InChI=1S/C28H27NO3/c1-3-17-32-23-13-11-22(12-14-23)29-19-26(24-8-6-5-7-21(24)4-2)25-18-20(9-15-27(25)29)10-16-28(30)31/h4-9,11-15,18-19H,2-3,10,16-17H2,1H3,(H,30,31). The van der Waals surface area contributed by atoms with Gasteiger partial charge in [0.1, 0.15) is 5.75 Å². The van der Waals surface area contributed by atoms with Crippen molar-refractivity contribution in [2.45, 2.75) is 26.2 Å². The molecule has 0 spiro atoms. The van der Waals surface area contributed by atoms with Gasteiger partial charge in [0.05, 0.1) is 12.1 Å². The number of carboxylic acid groups (broad SMARTS) is 1. The molecule has 162 valence electrons. The topological polar surface area (TPSA) is 51.5 Å². The van der Waals surface area contributed by atoms with E-state index in [0.29, 0.717) is 13.0 Å². The van der Waals surface area contributed by atoms with Gasteiger partial charge < -0.3 is 14.4 Å². The Bertz CT molecular complexity index is 1250. The molecule has 0 aliphatic carbocycles. The molecule has 4 aromatic rings. The SMILES string of the molecule is C=Cc1ccccc1-c1cn(-c2ccc(OCCC)cc2)c2ccc(CCC(=O)O)cc12. The van der Waals surface area contributed by atoms with Crippen LogP contribution in [0.2, 0.25) is 0 Å². The summed E-state index contributed by atoms with van der Waals surface area (Å²) in [6.45, 7) is 6.77. The van der Waals surface area contributed by atoms with Crippen LogP contribution in [0.1, 0.15) is 30.9 Å². The predicted molar refractivity (Wildman–Crippen MR) is 131 cm³/mol. The number of rotatable bonds is 9.